The Balaban J connectivity index is 1.60. The lowest BCUT2D eigenvalue weighted by molar-refractivity contribution is 0.0671. The molecule has 8 heteroatoms. The van der Waals surface area contributed by atoms with Crippen LogP contribution in [0.2, 0.25) is 5.02 Å². The zero-order chi connectivity index (χ0) is 19.7. The summed E-state index contributed by atoms with van der Waals surface area (Å²) < 4.78 is 29.8. The summed E-state index contributed by atoms with van der Waals surface area (Å²) in [6.45, 7) is 0.220. The molecule has 28 heavy (non-hydrogen) atoms. The Kier molecular flexibility index (Phi) is 5.31. The molecule has 5 nitrogen and oxygen atoms in total. The van der Waals surface area contributed by atoms with E-state index in [1.54, 1.807) is 17.0 Å². The molecule has 0 saturated carbocycles. The first kappa shape index (κ1) is 19.2. The van der Waals surface area contributed by atoms with Gasteiger partial charge in [0.2, 0.25) is 0 Å². The molecule has 3 aromatic rings. The quantitative estimate of drug-likeness (QED) is 0.592. The Labute approximate surface area is 172 Å². The van der Waals surface area contributed by atoms with Gasteiger partial charge in [-0.15, -0.1) is 11.3 Å². The van der Waals surface area contributed by atoms with Gasteiger partial charge in [-0.25, -0.2) is 8.42 Å². The summed E-state index contributed by atoms with van der Waals surface area (Å²) >= 11 is 7.39. The number of rotatable bonds is 5. The standard InChI is InChI=1S/C20H18ClNO4S2/c21-15-4-1-3-14(11-15)18-7-6-17(26-18)12-22(16-8-10-28(24,25)13-16)20(23)19-5-2-9-27-19/h1-7,9,11,16H,8,10,12-13H2/t16-/m1/s1. The molecule has 1 amide bonds. The number of sulfone groups is 1. The van der Waals surface area contributed by atoms with Crippen molar-refractivity contribution in [3.63, 3.8) is 0 Å². The van der Waals surface area contributed by atoms with Crippen LogP contribution in [0.25, 0.3) is 11.3 Å². The van der Waals surface area contributed by atoms with Gasteiger partial charge in [0.15, 0.2) is 9.84 Å². The van der Waals surface area contributed by atoms with E-state index in [1.807, 2.05) is 41.8 Å². The number of carbonyl (C=O) groups excluding carboxylic acids is 1. The Bertz CT molecular complexity index is 1090. The Morgan fingerprint density at radius 3 is 2.75 bits per heavy atom. The van der Waals surface area contributed by atoms with Gasteiger partial charge in [-0.3, -0.25) is 4.79 Å². The molecule has 3 heterocycles. The van der Waals surface area contributed by atoms with Crippen LogP contribution in [0.3, 0.4) is 0 Å². The van der Waals surface area contributed by atoms with Crippen LogP contribution in [0, 0.1) is 0 Å². The number of benzene rings is 1. The van der Waals surface area contributed by atoms with Gasteiger partial charge in [0.1, 0.15) is 11.5 Å². The highest BCUT2D eigenvalue weighted by Crippen LogP contribution is 2.28. The van der Waals surface area contributed by atoms with Crippen molar-refractivity contribution in [2.24, 2.45) is 0 Å². The van der Waals surface area contributed by atoms with Crippen molar-refractivity contribution in [1.29, 1.82) is 0 Å². The first-order chi connectivity index (χ1) is 13.4. The molecule has 1 fully saturated rings. The second-order valence-electron chi connectivity index (χ2n) is 6.74. The Morgan fingerprint density at radius 1 is 1.21 bits per heavy atom. The van der Waals surface area contributed by atoms with Crippen LogP contribution in [0.15, 0.2) is 58.3 Å². The lowest BCUT2D eigenvalue weighted by atomic mass is 10.2. The highest BCUT2D eigenvalue weighted by Gasteiger charge is 2.35. The third kappa shape index (κ3) is 4.16. The topological polar surface area (TPSA) is 67.6 Å². The molecule has 0 spiro atoms. The molecule has 0 N–H and O–H groups in total. The van der Waals surface area contributed by atoms with Gasteiger partial charge < -0.3 is 9.32 Å². The number of thiophene rings is 1. The smallest absolute Gasteiger partial charge is 0.264 e. The molecule has 2 aromatic heterocycles. The largest absolute Gasteiger partial charge is 0.459 e. The van der Waals surface area contributed by atoms with Gasteiger partial charge in [0, 0.05) is 16.6 Å². The van der Waals surface area contributed by atoms with Crippen molar-refractivity contribution >= 4 is 38.7 Å². The third-order valence-corrected chi connectivity index (χ3v) is 7.58. The maximum absolute atomic E-state index is 13.0. The second kappa shape index (κ2) is 7.73. The van der Waals surface area contributed by atoms with Gasteiger partial charge in [-0.1, -0.05) is 29.8 Å². The van der Waals surface area contributed by atoms with Crippen molar-refractivity contribution in [2.45, 2.75) is 19.0 Å². The normalized spacial score (nSPS) is 18.2. The second-order valence-corrected chi connectivity index (χ2v) is 10.4. The average molecular weight is 436 g/mol. The maximum Gasteiger partial charge on any atom is 0.264 e. The molecule has 1 aliphatic rings. The summed E-state index contributed by atoms with van der Waals surface area (Å²) in [6.07, 6.45) is 0.446. The first-order valence-electron chi connectivity index (χ1n) is 8.81. The van der Waals surface area contributed by atoms with Gasteiger partial charge in [-0.2, -0.15) is 0 Å². The van der Waals surface area contributed by atoms with Gasteiger partial charge in [0.05, 0.1) is 22.9 Å². The van der Waals surface area contributed by atoms with Crippen LogP contribution in [0.5, 0.6) is 0 Å². The van der Waals surface area contributed by atoms with Crippen LogP contribution in [-0.4, -0.2) is 36.8 Å². The molecule has 0 bridgehead atoms. The summed E-state index contributed by atoms with van der Waals surface area (Å²) in [6, 6.07) is 14.2. The lowest BCUT2D eigenvalue weighted by Crippen LogP contribution is -2.40. The molecule has 0 unspecified atom stereocenters. The zero-order valence-electron chi connectivity index (χ0n) is 14.9. The molecular formula is C20H18ClNO4S2. The summed E-state index contributed by atoms with van der Waals surface area (Å²) in [5.74, 6) is 1.19. The van der Waals surface area contributed by atoms with E-state index in [9.17, 15) is 13.2 Å². The van der Waals surface area contributed by atoms with Gasteiger partial charge in [0.25, 0.3) is 5.91 Å². The SMILES string of the molecule is O=C(c1cccs1)N(Cc1ccc(-c2cccc(Cl)c2)o1)[C@@H]1CCS(=O)(=O)C1. The summed E-state index contributed by atoms with van der Waals surface area (Å²) in [7, 11) is -3.11. The van der Waals surface area contributed by atoms with Crippen molar-refractivity contribution in [1.82, 2.24) is 4.90 Å². The van der Waals surface area contributed by atoms with Crippen LogP contribution in [-0.2, 0) is 16.4 Å². The summed E-state index contributed by atoms with van der Waals surface area (Å²) in [4.78, 5) is 15.2. The van der Waals surface area contributed by atoms with Crippen LogP contribution in [0.4, 0.5) is 0 Å². The van der Waals surface area contributed by atoms with E-state index in [0.29, 0.717) is 27.8 Å². The van der Waals surface area contributed by atoms with Crippen LogP contribution >= 0.6 is 22.9 Å². The number of carbonyl (C=O) groups is 1. The highest BCUT2D eigenvalue weighted by atomic mass is 35.5. The van der Waals surface area contributed by atoms with Gasteiger partial charge >= 0.3 is 0 Å². The van der Waals surface area contributed by atoms with E-state index in [2.05, 4.69) is 0 Å². The number of hydrogen-bond donors (Lipinski definition) is 0. The number of amides is 1. The van der Waals surface area contributed by atoms with E-state index in [0.717, 1.165) is 5.56 Å². The fourth-order valence-electron chi connectivity index (χ4n) is 3.36. The number of nitrogens with zero attached hydrogens (tertiary/aromatic N) is 1. The van der Waals surface area contributed by atoms with Crippen molar-refractivity contribution in [3.8, 4) is 11.3 Å². The fourth-order valence-corrected chi connectivity index (χ4v) is 5.96. The monoisotopic (exact) mass is 435 g/mol. The predicted molar refractivity (Wildman–Crippen MR) is 110 cm³/mol. The van der Waals surface area contributed by atoms with E-state index < -0.39 is 9.84 Å². The van der Waals surface area contributed by atoms with Gasteiger partial charge in [-0.05, 0) is 42.1 Å². The summed E-state index contributed by atoms with van der Waals surface area (Å²) in [5, 5.41) is 2.45. The number of hydrogen-bond acceptors (Lipinski definition) is 5. The molecule has 146 valence electrons. The van der Waals surface area contributed by atoms with Crippen molar-refractivity contribution < 1.29 is 17.6 Å². The van der Waals surface area contributed by atoms with E-state index >= 15 is 0 Å². The molecular weight excluding hydrogens is 418 g/mol. The van der Waals surface area contributed by atoms with E-state index in [-0.39, 0.29) is 30.0 Å². The van der Waals surface area contributed by atoms with Crippen molar-refractivity contribution in [2.75, 3.05) is 11.5 Å². The van der Waals surface area contributed by atoms with Crippen LogP contribution in [0.1, 0.15) is 21.9 Å². The zero-order valence-corrected chi connectivity index (χ0v) is 17.3. The summed E-state index contributed by atoms with van der Waals surface area (Å²) in [5.41, 5.74) is 0.846. The third-order valence-electron chi connectivity index (χ3n) is 4.74. The highest BCUT2D eigenvalue weighted by molar-refractivity contribution is 7.91. The average Bonchev–Trinajstić information content (AvgIpc) is 3.40. The van der Waals surface area contributed by atoms with Crippen molar-refractivity contribution in [3.05, 3.63) is 69.6 Å². The minimum atomic E-state index is -3.11. The molecule has 4 rings (SSSR count). The molecule has 1 aromatic carbocycles. The lowest BCUT2D eigenvalue weighted by Gasteiger charge is -2.27. The van der Waals surface area contributed by atoms with E-state index in [1.165, 1.54) is 11.3 Å². The van der Waals surface area contributed by atoms with E-state index in [4.69, 9.17) is 16.0 Å². The predicted octanol–water partition coefficient (Wildman–Crippen LogP) is 4.49. The van der Waals surface area contributed by atoms with Crippen LogP contribution < -0.4 is 0 Å². The Hall–Kier alpha value is -2.09. The maximum atomic E-state index is 13.0. The minimum Gasteiger partial charge on any atom is -0.459 e. The number of furan rings is 1. The molecule has 0 aliphatic carbocycles. The molecule has 1 saturated heterocycles. The Morgan fingerprint density at radius 2 is 2.07 bits per heavy atom. The minimum absolute atomic E-state index is 0.00796. The molecule has 1 atom stereocenters. The molecule has 0 radical (unpaired) electrons. The molecule has 1 aliphatic heterocycles. The number of halogens is 1. The first-order valence-corrected chi connectivity index (χ1v) is 11.9. The fraction of sp³-hybridized carbons (Fsp3) is 0.250.